The highest BCUT2D eigenvalue weighted by molar-refractivity contribution is 6.09. The van der Waals surface area contributed by atoms with E-state index in [1.54, 1.807) is 6.20 Å². The number of aromatic nitrogens is 1. The van der Waals surface area contributed by atoms with Crippen molar-refractivity contribution >= 4 is 17.3 Å². The van der Waals surface area contributed by atoms with Crippen molar-refractivity contribution in [2.24, 2.45) is 0 Å². The number of carbonyl (C=O) groups excluding carboxylic acids is 1. The van der Waals surface area contributed by atoms with E-state index in [-0.39, 0.29) is 5.78 Å². The molecular weight excluding hydrogens is 308 g/mol. The Hall–Kier alpha value is -2.94. The van der Waals surface area contributed by atoms with E-state index in [0.29, 0.717) is 11.1 Å². The molecule has 4 rings (SSSR count). The summed E-state index contributed by atoms with van der Waals surface area (Å²) in [4.78, 5) is 19.6. The van der Waals surface area contributed by atoms with Crippen molar-refractivity contribution in [2.45, 2.75) is 19.8 Å². The third-order valence-corrected chi connectivity index (χ3v) is 4.71. The van der Waals surface area contributed by atoms with Gasteiger partial charge in [-0.3, -0.25) is 4.79 Å². The number of hydrogen-bond acceptors (Lipinski definition) is 3. The molecule has 0 spiro atoms. The van der Waals surface area contributed by atoms with Crippen molar-refractivity contribution in [1.29, 1.82) is 0 Å². The highest BCUT2D eigenvalue weighted by Gasteiger charge is 2.21. The lowest BCUT2D eigenvalue weighted by atomic mass is 10.0. The number of benzene rings is 2. The number of pyridine rings is 1. The van der Waals surface area contributed by atoms with Crippen molar-refractivity contribution in [2.75, 3.05) is 11.4 Å². The van der Waals surface area contributed by atoms with Crippen LogP contribution in [0.15, 0.2) is 66.9 Å². The lowest BCUT2D eigenvalue weighted by Gasteiger charge is -2.31. The van der Waals surface area contributed by atoms with Gasteiger partial charge < -0.3 is 4.90 Å². The molecule has 0 N–H and O–H groups in total. The van der Waals surface area contributed by atoms with Crippen LogP contribution < -0.4 is 4.90 Å². The number of aryl methyl sites for hydroxylation is 2. The summed E-state index contributed by atoms with van der Waals surface area (Å²) in [6.45, 7) is 2.98. The number of rotatable bonds is 3. The summed E-state index contributed by atoms with van der Waals surface area (Å²) in [6, 6.07) is 19.8. The van der Waals surface area contributed by atoms with E-state index in [1.165, 1.54) is 11.3 Å². The van der Waals surface area contributed by atoms with Crippen LogP contribution in [-0.4, -0.2) is 17.3 Å². The molecule has 2 aromatic carbocycles. The second kappa shape index (κ2) is 6.52. The topological polar surface area (TPSA) is 33.2 Å². The Morgan fingerprint density at radius 1 is 1.00 bits per heavy atom. The molecule has 3 heteroatoms. The minimum Gasteiger partial charge on any atom is -0.326 e. The van der Waals surface area contributed by atoms with E-state index in [9.17, 15) is 4.79 Å². The fraction of sp³-hybridized carbons (Fsp3) is 0.182. The molecule has 1 aromatic heterocycles. The number of ketones is 1. The van der Waals surface area contributed by atoms with Gasteiger partial charge in [-0.1, -0.05) is 48.5 Å². The molecule has 124 valence electrons. The molecule has 0 radical (unpaired) electrons. The quantitative estimate of drug-likeness (QED) is 0.653. The van der Waals surface area contributed by atoms with Crippen LogP contribution in [0.1, 0.15) is 33.5 Å². The van der Waals surface area contributed by atoms with E-state index < -0.39 is 0 Å². The van der Waals surface area contributed by atoms with Gasteiger partial charge in [-0.15, -0.1) is 0 Å². The second-order valence-corrected chi connectivity index (χ2v) is 6.44. The first kappa shape index (κ1) is 15.6. The Morgan fingerprint density at radius 3 is 2.56 bits per heavy atom. The summed E-state index contributed by atoms with van der Waals surface area (Å²) in [5, 5.41) is 0. The van der Waals surface area contributed by atoms with Crippen LogP contribution in [0, 0.1) is 6.92 Å². The van der Waals surface area contributed by atoms with Crippen LogP contribution in [0.3, 0.4) is 0 Å². The van der Waals surface area contributed by atoms with Crippen LogP contribution in [0.25, 0.3) is 0 Å². The van der Waals surface area contributed by atoms with Crippen LogP contribution >= 0.6 is 0 Å². The fourth-order valence-electron chi connectivity index (χ4n) is 3.48. The number of nitrogens with zero attached hydrogens (tertiary/aromatic N) is 2. The second-order valence-electron chi connectivity index (χ2n) is 6.44. The Balaban J connectivity index is 1.69. The molecule has 0 atom stereocenters. The molecule has 0 bridgehead atoms. The molecule has 1 aliphatic rings. The highest BCUT2D eigenvalue weighted by atomic mass is 16.1. The highest BCUT2D eigenvalue weighted by Crippen LogP contribution is 2.34. The zero-order valence-electron chi connectivity index (χ0n) is 14.3. The Bertz CT molecular complexity index is 918. The van der Waals surface area contributed by atoms with E-state index in [2.05, 4.69) is 34.1 Å². The molecule has 0 unspecified atom stereocenters. The summed E-state index contributed by atoms with van der Waals surface area (Å²) in [7, 11) is 0. The first-order valence-corrected chi connectivity index (χ1v) is 8.66. The number of hydrogen-bond donors (Lipinski definition) is 0. The van der Waals surface area contributed by atoms with Crippen molar-refractivity contribution in [3.63, 3.8) is 0 Å². The molecule has 0 saturated heterocycles. The maximum Gasteiger partial charge on any atom is 0.194 e. The van der Waals surface area contributed by atoms with Crippen molar-refractivity contribution in [3.05, 3.63) is 89.1 Å². The molecular formula is C22H20N2O. The summed E-state index contributed by atoms with van der Waals surface area (Å²) < 4.78 is 0. The molecule has 1 aliphatic heterocycles. The van der Waals surface area contributed by atoms with Gasteiger partial charge in [0, 0.05) is 29.6 Å². The summed E-state index contributed by atoms with van der Waals surface area (Å²) in [5.74, 6) is 0.957. The minimum atomic E-state index is 0.0156. The molecule has 2 heterocycles. The maximum absolute atomic E-state index is 12.6. The van der Waals surface area contributed by atoms with Crippen LogP contribution in [0.5, 0.6) is 0 Å². The summed E-state index contributed by atoms with van der Waals surface area (Å²) in [5.41, 5.74) is 4.95. The Morgan fingerprint density at radius 2 is 1.76 bits per heavy atom. The van der Waals surface area contributed by atoms with Crippen LogP contribution in [0.4, 0.5) is 11.5 Å². The molecule has 0 fully saturated rings. The number of carbonyl (C=O) groups is 1. The smallest absolute Gasteiger partial charge is 0.194 e. The van der Waals surface area contributed by atoms with Gasteiger partial charge in [-0.05, 0) is 43.0 Å². The Kier molecular flexibility index (Phi) is 4.06. The third kappa shape index (κ3) is 2.93. The first-order chi connectivity index (χ1) is 12.2. The molecule has 3 nitrogen and oxygen atoms in total. The van der Waals surface area contributed by atoms with Gasteiger partial charge in [-0.25, -0.2) is 4.98 Å². The molecule has 3 aromatic rings. The average Bonchev–Trinajstić information content (AvgIpc) is 2.68. The predicted octanol–water partition coefficient (Wildman–Crippen LogP) is 4.71. The van der Waals surface area contributed by atoms with Crippen LogP contribution in [-0.2, 0) is 6.42 Å². The summed E-state index contributed by atoms with van der Waals surface area (Å²) in [6.07, 6.45) is 3.92. The number of para-hydroxylation sites is 1. The van der Waals surface area contributed by atoms with Crippen molar-refractivity contribution in [3.8, 4) is 0 Å². The lowest BCUT2D eigenvalue weighted by molar-refractivity contribution is 0.103. The molecule has 0 amide bonds. The van der Waals surface area contributed by atoms with Gasteiger partial charge in [0.15, 0.2) is 5.78 Å². The van der Waals surface area contributed by atoms with Gasteiger partial charge >= 0.3 is 0 Å². The normalized spacial score (nSPS) is 13.4. The lowest BCUT2D eigenvalue weighted by Crippen LogP contribution is -2.26. The van der Waals surface area contributed by atoms with Gasteiger partial charge in [0.2, 0.25) is 0 Å². The number of fused-ring (bicyclic) bond motifs is 1. The monoisotopic (exact) mass is 328 g/mol. The largest absolute Gasteiger partial charge is 0.326 e. The van der Waals surface area contributed by atoms with Gasteiger partial charge in [0.05, 0.1) is 0 Å². The first-order valence-electron chi connectivity index (χ1n) is 8.66. The standard InChI is InChI=1S/C22H20N2O/c1-16-14-19(21(25)18-9-3-2-4-10-18)15-23-22(16)24-13-7-11-17-8-5-6-12-20(17)24/h2-6,8-10,12,14-15H,7,11,13H2,1H3. The summed E-state index contributed by atoms with van der Waals surface area (Å²) >= 11 is 0. The average molecular weight is 328 g/mol. The van der Waals surface area contributed by atoms with Gasteiger partial charge in [0.25, 0.3) is 0 Å². The molecule has 25 heavy (non-hydrogen) atoms. The Labute approximate surface area is 148 Å². The van der Waals surface area contributed by atoms with E-state index in [0.717, 1.165) is 30.8 Å². The zero-order chi connectivity index (χ0) is 17.2. The fourth-order valence-corrected chi connectivity index (χ4v) is 3.48. The SMILES string of the molecule is Cc1cc(C(=O)c2ccccc2)cnc1N1CCCc2ccccc21. The van der Waals surface area contributed by atoms with Gasteiger partial charge in [0.1, 0.15) is 5.82 Å². The number of anilines is 2. The van der Waals surface area contributed by atoms with E-state index in [1.807, 2.05) is 43.3 Å². The predicted molar refractivity (Wildman–Crippen MR) is 101 cm³/mol. The van der Waals surface area contributed by atoms with E-state index in [4.69, 9.17) is 0 Å². The van der Waals surface area contributed by atoms with E-state index >= 15 is 0 Å². The van der Waals surface area contributed by atoms with Crippen LogP contribution in [0.2, 0.25) is 0 Å². The third-order valence-electron chi connectivity index (χ3n) is 4.71. The van der Waals surface area contributed by atoms with Crippen molar-refractivity contribution in [1.82, 2.24) is 4.98 Å². The molecule has 0 aliphatic carbocycles. The van der Waals surface area contributed by atoms with Gasteiger partial charge in [-0.2, -0.15) is 0 Å². The molecule has 0 saturated carbocycles. The maximum atomic E-state index is 12.6. The zero-order valence-corrected chi connectivity index (χ0v) is 14.3. The minimum absolute atomic E-state index is 0.0156. The van der Waals surface area contributed by atoms with Crippen molar-refractivity contribution < 1.29 is 4.79 Å².